The van der Waals surface area contributed by atoms with E-state index >= 15 is 0 Å². The van der Waals surface area contributed by atoms with Gasteiger partial charge in [-0.3, -0.25) is 9.88 Å². The SMILES string of the molecule is CC1(C)CN(Cc2c[nH]c3nccnc23)[C@@H]2CCC[C@H]2O1. The molecule has 2 atom stereocenters. The Morgan fingerprint density at radius 3 is 3.10 bits per heavy atom. The molecule has 3 heterocycles. The normalized spacial score (nSPS) is 28.9. The summed E-state index contributed by atoms with van der Waals surface area (Å²) in [4.78, 5) is 14.6. The number of aromatic nitrogens is 3. The summed E-state index contributed by atoms with van der Waals surface area (Å²) in [5.41, 5.74) is 3.05. The molecule has 1 aliphatic heterocycles. The van der Waals surface area contributed by atoms with Crippen molar-refractivity contribution in [3.8, 4) is 0 Å². The number of hydrogen-bond acceptors (Lipinski definition) is 4. The van der Waals surface area contributed by atoms with Crippen molar-refractivity contribution in [3.05, 3.63) is 24.2 Å². The summed E-state index contributed by atoms with van der Waals surface area (Å²) in [6.07, 6.45) is 9.65. The first-order chi connectivity index (χ1) is 10.1. The van der Waals surface area contributed by atoms with Crippen molar-refractivity contribution in [2.75, 3.05) is 6.54 Å². The minimum Gasteiger partial charge on any atom is -0.369 e. The average molecular weight is 286 g/mol. The van der Waals surface area contributed by atoms with E-state index in [2.05, 4.69) is 39.9 Å². The molecule has 0 unspecified atom stereocenters. The standard InChI is InChI=1S/C16H22N4O/c1-16(2)10-20(12-4-3-5-13(12)21-16)9-11-8-19-15-14(11)17-6-7-18-15/h6-8,12-13H,3-5,9-10H2,1-2H3,(H,18,19)/t12-,13-/m1/s1. The Morgan fingerprint density at radius 2 is 2.19 bits per heavy atom. The summed E-state index contributed by atoms with van der Waals surface area (Å²) in [5, 5.41) is 0. The van der Waals surface area contributed by atoms with Gasteiger partial charge in [0, 0.05) is 43.3 Å². The third-order valence-corrected chi connectivity index (χ3v) is 4.70. The number of nitrogens with one attached hydrogen (secondary N) is 1. The lowest BCUT2D eigenvalue weighted by atomic mass is 10.0. The van der Waals surface area contributed by atoms with Crippen LogP contribution in [0.2, 0.25) is 0 Å². The monoisotopic (exact) mass is 286 g/mol. The molecule has 5 heteroatoms. The maximum absolute atomic E-state index is 6.26. The van der Waals surface area contributed by atoms with E-state index in [9.17, 15) is 0 Å². The van der Waals surface area contributed by atoms with Crippen LogP contribution in [0.15, 0.2) is 18.6 Å². The quantitative estimate of drug-likeness (QED) is 0.921. The van der Waals surface area contributed by atoms with E-state index in [0.29, 0.717) is 12.1 Å². The Labute approximate surface area is 124 Å². The maximum atomic E-state index is 6.26. The van der Waals surface area contributed by atoms with Gasteiger partial charge < -0.3 is 9.72 Å². The Bertz CT molecular complexity index is 651. The second-order valence-corrected chi connectivity index (χ2v) is 6.89. The Balaban J connectivity index is 1.63. The fraction of sp³-hybridized carbons (Fsp3) is 0.625. The first-order valence-corrected chi connectivity index (χ1v) is 7.81. The van der Waals surface area contributed by atoms with Gasteiger partial charge in [-0.05, 0) is 33.1 Å². The fourth-order valence-corrected chi connectivity index (χ4v) is 3.93. The molecule has 1 N–H and O–H groups in total. The largest absolute Gasteiger partial charge is 0.369 e. The number of hydrogen-bond donors (Lipinski definition) is 1. The molecule has 0 bridgehead atoms. The molecule has 1 saturated heterocycles. The molecule has 112 valence electrons. The van der Waals surface area contributed by atoms with Gasteiger partial charge in [0.05, 0.1) is 11.7 Å². The molecule has 2 aromatic rings. The van der Waals surface area contributed by atoms with Crippen LogP contribution in [0.4, 0.5) is 0 Å². The van der Waals surface area contributed by atoms with E-state index in [1.165, 1.54) is 24.8 Å². The second kappa shape index (κ2) is 4.78. The highest BCUT2D eigenvalue weighted by molar-refractivity contribution is 5.74. The lowest BCUT2D eigenvalue weighted by molar-refractivity contribution is -0.156. The summed E-state index contributed by atoms with van der Waals surface area (Å²) in [6, 6.07) is 0.555. The average Bonchev–Trinajstić information content (AvgIpc) is 3.05. The van der Waals surface area contributed by atoms with Crippen LogP contribution in [0.5, 0.6) is 0 Å². The van der Waals surface area contributed by atoms with Crippen LogP contribution in [-0.4, -0.2) is 44.1 Å². The van der Waals surface area contributed by atoms with Gasteiger partial charge in [-0.25, -0.2) is 4.98 Å². The van der Waals surface area contributed by atoms with Crippen molar-refractivity contribution >= 4 is 11.2 Å². The maximum Gasteiger partial charge on any atom is 0.156 e. The van der Waals surface area contributed by atoms with Crippen LogP contribution >= 0.6 is 0 Å². The molecular weight excluding hydrogens is 264 g/mol. The molecule has 21 heavy (non-hydrogen) atoms. The van der Waals surface area contributed by atoms with E-state index in [1.807, 2.05) is 0 Å². The third-order valence-electron chi connectivity index (χ3n) is 4.70. The molecule has 0 aromatic carbocycles. The summed E-state index contributed by atoms with van der Waals surface area (Å²) in [6.45, 7) is 6.29. The van der Waals surface area contributed by atoms with Gasteiger partial charge in [-0.15, -0.1) is 0 Å². The van der Waals surface area contributed by atoms with Gasteiger partial charge in [-0.1, -0.05) is 0 Å². The summed E-state index contributed by atoms with van der Waals surface area (Å²) in [5.74, 6) is 0. The molecule has 0 amide bonds. The van der Waals surface area contributed by atoms with Crippen molar-refractivity contribution in [3.63, 3.8) is 0 Å². The van der Waals surface area contributed by atoms with Crippen molar-refractivity contribution in [1.82, 2.24) is 19.9 Å². The number of aromatic amines is 1. The predicted octanol–water partition coefficient (Wildman–Crippen LogP) is 2.49. The first kappa shape index (κ1) is 13.2. The third kappa shape index (κ3) is 2.34. The summed E-state index contributed by atoms with van der Waals surface area (Å²) >= 11 is 0. The van der Waals surface area contributed by atoms with Crippen LogP contribution in [0.25, 0.3) is 11.2 Å². The Kier molecular flexibility index (Phi) is 3.01. The van der Waals surface area contributed by atoms with Crippen molar-refractivity contribution in [1.29, 1.82) is 0 Å². The van der Waals surface area contributed by atoms with Gasteiger partial charge in [0.25, 0.3) is 0 Å². The topological polar surface area (TPSA) is 54.0 Å². The van der Waals surface area contributed by atoms with E-state index in [-0.39, 0.29) is 5.60 Å². The summed E-state index contributed by atoms with van der Waals surface area (Å²) in [7, 11) is 0. The lowest BCUT2D eigenvalue weighted by Crippen LogP contribution is -2.56. The number of fused-ring (bicyclic) bond motifs is 2. The minimum atomic E-state index is -0.0662. The van der Waals surface area contributed by atoms with Crippen molar-refractivity contribution in [2.45, 2.75) is 57.4 Å². The van der Waals surface area contributed by atoms with Gasteiger partial charge >= 0.3 is 0 Å². The van der Waals surface area contributed by atoms with Crippen LogP contribution in [0.1, 0.15) is 38.7 Å². The zero-order valence-electron chi connectivity index (χ0n) is 12.7. The van der Waals surface area contributed by atoms with Crippen LogP contribution < -0.4 is 0 Å². The predicted molar refractivity (Wildman–Crippen MR) is 80.9 cm³/mol. The van der Waals surface area contributed by atoms with Crippen LogP contribution in [0, 0.1) is 0 Å². The van der Waals surface area contributed by atoms with Crippen molar-refractivity contribution in [2.24, 2.45) is 0 Å². The number of ether oxygens (including phenoxy) is 1. The molecule has 1 aliphatic carbocycles. The number of nitrogens with zero attached hydrogens (tertiary/aromatic N) is 3. The molecule has 0 radical (unpaired) electrons. The van der Waals surface area contributed by atoms with Gasteiger partial charge in [0.2, 0.25) is 0 Å². The molecule has 2 aliphatic rings. The lowest BCUT2D eigenvalue weighted by Gasteiger charge is -2.46. The molecule has 1 saturated carbocycles. The number of rotatable bonds is 2. The van der Waals surface area contributed by atoms with Crippen LogP contribution in [-0.2, 0) is 11.3 Å². The van der Waals surface area contributed by atoms with Gasteiger partial charge in [-0.2, -0.15) is 0 Å². The highest BCUT2D eigenvalue weighted by Crippen LogP contribution is 2.36. The summed E-state index contributed by atoms with van der Waals surface area (Å²) < 4.78 is 6.26. The number of H-pyrrole nitrogens is 1. The van der Waals surface area contributed by atoms with E-state index in [4.69, 9.17) is 4.74 Å². The van der Waals surface area contributed by atoms with E-state index in [1.54, 1.807) is 12.4 Å². The molecule has 5 nitrogen and oxygen atoms in total. The molecule has 2 aromatic heterocycles. The Morgan fingerprint density at radius 1 is 1.33 bits per heavy atom. The first-order valence-electron chi connectivity index (χ1n) is 7.81. The fourth-order valence-electron chi connectivity index (χ4n) is 3.93. The smallest absolute Gasteiger partial charge is 0.156 e. The highest BCUT2D eigenvalue weighted by Gasteiger charge is 2.43. The molecule has 2 fully saturated rings. The molecule has 0 spiro atoms. The van der Waals surface area contributed by atoms with E-state index in [0.717, 1.165) is 24.3 Å². The minimum absolute atomic E-state index is 0.0662. The zero-order chi connectivity index (χ0) is 14.4. The van der Waals surface area contributed by atoms with Gasteiger partial charge in [0.15, 0.2) is 5.65 Å². The molecule has 4 rings (SSSR count). The van der Waals surface area contributed by atoms with E-state index < -0.39 is 0 Å². The Hall–Kier alpha value is -1.46. The van der Waals surface area contributed by atoms with Crippen molar-refractivity contribution < 1.29 is 4.74 Å². The second-order valence-electron chi connectivity index (χ2n) is 6.89. The molecular formula is C16H22N4O. The van der Waals surface area contributed by atoms with Gasteiger partial charge in [0.1, 0.15) is 5.52 Å². The zero-order valence-corrected chi connectivity index (χ0v) is 12.7. The highest BCUT2D eigenvalue weighted by atomic mass is 16.5. The number of morpholine rings is 1. The van der Waals surface area contributed by atoms with Crippen LogP contribution in [0.3, 0.4) is 0 Å².